The maximum atomic E-state index is 12.5. The Morgan fingerprint density at radius 2 is 1.94 bits per heavy atom. The Bertz CT molecular complexity index is 1360. The van der Waals surface area contributed by atoms with E-state index in [1.807, 2.05) is 0 Å². The highest BCUT2D eigenvalue weighted by Gasteiger charge is 2.24. The van der Waals surface area contributed by atoms with Gasteiger partial charge in [-0.25, -0.2) is 9.59 Å². The second kappa shape index (κ2) is 9.57. The van der Waals surface area contributed by atoms with Crippen molar-refractivity contribution in [3.63, 3.8) is 0 Å². The molecule has 0 saturated carbocycles. The Morgan fingerprint density at radius 1 is 1.12 bits per heavy atom. The standard InChI is InChI=1S/C22H18N2O8S/c1-2-29-21(27)19-13(15-8-5-9-30-15)12-33-20(19)23-17(25)11-31-18(26)10-24-14-6-3-4-7-16(14)32-22(24)28/h3-9,12H,2,10-11H2,1H3,(H,23,25). The summed E-state index contributed by atoms with van der Waals surface area (Å²) in [6.07, 6.45) is 1.47. The second-order valence-corrected chi connectivity index (χ2v) is 7.56. The summed E-state index contributed by atoms with van der Waals surface area (Å²) in [5.74, 6) is -2.35. The molecule has 1 N–H and O–H groups in total. The van der Waals surface area contributed by atoms with Crippen LogP contribution in [0, 0.1) is 0 Å². The lowest BCUT2D eigenvalue weighted by Gasteiger charge is -2.08. The molecule has 10 nitrogen and oxygen atoms in total. The molecule has 170 valence electrons. The van der Waals surface area contributed by atoms with Crippen molar-refractivity contribution in [2.24, 2.45) is 0 Å². The molecular weight excluding hydrogens is 452 g/mol. The van der Waals surface area contributed by atoms with E-state index in [0.29, 0.717) is 22.4 Å². The first-order valence-corrected chi connectivity index (χ1v) is 10.7. The van der Waals surface area contributed by atoms with E-state index in [1.165, 1.54) is 6.26 Å². The molecule has 0 saturated heterocycles. The van der Waals surface area contributed by atoms with Crippen LogP contribution in [-0.4, -0.2) is 35.6 Å². The van der Waals surface area contributed by atoms with Gasteiger partial charge >= 0.3 is 17.7 Å². The van der Waals surface area contributed by atoms with Crippen molar-refractivity contribution < 1.29 is 32.7 Å². The predicted octanol–water partition coefficient (Wildman–Crippen LogP) is 3.27. The Morgan fingerprint density at radius 3 is 2.70 bits per heavy atom. The molecule has 1 aromatic carbocycles. The molecule has 3 aromatic heterocycles. The van der Waals surface area contributed by atoms with Crippen LogP contribution in [0.25, 0.3) is 22.4 Å². The van der Waals surface area contributed by atoms with Crippen LogP contribution < -0.4 is 11.1 Å². The topological polar surface area (TPSA) is 130 Å². The van der Waals surface area contributed by atoms with Crippen LogP contribution in [0.2, 0.25) is 0 Å². The number of para-hydroxylation sites is 2. The van der Waals surface area contributed by atoms with Gasteiger partial charge in [0.2, 0.25) is 0 Å². The van der Waals surface area contributed by atoms with E-state index >= 15 is 0 Å². The first-order valence-electron chi connectivity index (χ1n) is 9.84. The largest absolute Gasteiger partial charge is 0.464 e. The summed E-state index contributed by atoms with van der Waals surface area (Å²) in [5, 5.41) is 4.45. The number of fused-ring (bicyclic) bond motifs is 1. The number of esters is 2. The van der Waals surface area contributed by atoms with E-state index in [-0.39, 0.29) is 17.2 Å². The number of hydrogen-bond donors (Lipinski definition) is 1. The first kappa shape index (κ1) is 22.1. The van der Waals surface area contributed by atoms with E-state index in [4.69, 9.17) is 18.3 Å². The van der Waals surface area contributed by atoms with Gasteiger partial charge in [-0.05, 0) is 31.2 Å². The van der Waals surface area contributed by atoms with Crippen molar-refractivity contribution in [2.75, 3.05) is 18.5 Å². The molecule has 0 bridgehead atoms. The average Bonchev–Trinajstić information content (AvgIpc) is 3.52. The monoisotopic (exact) mass is 470 g/mol. The molecule has 1 amide bonds. The quantitative estimate of drug-likeness (QED) is 0.388. The molecule has 0 radical (unpaired) electrons. The van der Waals surface area contributed by atoms with Gasteiger partial charge in [-0.15, -0.1) is 11.3 Å². The van der Waals surface area contributed by atoms with Crippen LogP contribution in [0.5, 0.6) is 0 Å². The summed E-state index contributed by atoms with van der Waals surface area (Å²) in [5.41, 5.74) is 1.39. The summed E-state index contributed by atoms with van der Waals surface area (Å²) in [6.45, 7) is 0.793. The Labute approximate surface area is 190 Å². The van der Waals surface area contributed by atoms with Crippen LogP contribution in [0.15, 0.2) is 61.7 Å². The zero-order valence-corrected chi connectivity index (χ0v) is 18.2. The van der Waals surface area contributed by atoms with Crippen molar-refractivity contribution in [1.29, 1.82) is 0 Å². The maximum absolute atomic E-state index is 12.5. The van der Waals surface area contributed by atoms with E-state index in [9.17, 15) is 19.2 Å². The van der Waals surface area contributed by atoms with Gasteiger partial charge in [-0.1, -0.05) is 12.1 Å². The summed E-state index contributed by atoms with van der Waals surface area (Å²) in [4.78, 5) is 49.0. The van der Waals surface area contributed by atoms with Crippen molar-refractivity contribution in [3.8, 4) is 11.3 Å². The van der Waals surface area contributed by atoms with Crippen LogP contribution in [0.1, 0.15) is 17.3 Å². The van der Waals surface area contributed by atoms with E-state index in [2.05, 4.69) is 5.32 Å². The number of ether oxygens (including phenoxy) is 2. The summed E-state index contributed by atoms with van der Waals surface area (Å²) in [6, 6.07) is 9.99. The Balaban J connectivity index is 1.42. The van der Waals surface area contributed by atoms with Gasteiger partial charge in [0.05, 0.1) is 18.4 Å². The molecule has 0 aliphatic carbocycles. The molecule has 4 aromatic rings. The number of amides is 1. The van der Waals surface area contributed by atoms with Crippen LogP contribution in [-0.2, 0) is 25.6 Å². The van der Waals surface area contributed by atoms with Crippen LogP contribution in [0.3, 0.4) is 0 Å². The first-order chi connectivity index (χ1) is 16.0. The number of carbonyl (C=O) groups is 3. The van der Waals surface area contributed by atoms with Crippen molar-refractivity contribution >= 4 is 45.3 Å². The second-order valence-electron chi connectivity index (χ2n) is 6.68. The summed E-state index contributed by atoms with van der Waals surface area (Å²) < 4.78 is 21.6. The fraction of sp³-hybridized carbons (Fsp3) is 0.182. The Kier molecular flexibility index (Phi) is 6.41. The number of thiophene rings is 1. The fourth-order valence-corrected chi connectivity index (χ4v) is 4.07. The minimum atomic E-state index is -0.799. The molecule has 0 aliphatic heterocycles. The zero-order chi connectivity index (χ0) is 23.4. The van der Waals surface area contributed by atoms with E-state index in [1.54, 1.807) is 48.7 Å². The summed E-state index contributed by atoms with van der Waals surface area (Å²) in [7, 11) is 0. The molecule has 33 heavy (non-hydrogen) atoms. The highest BCUT2D eigenvalue weighted by molar-refractivity contribution is 7.15. The number of furan rings is 1. The number of benzene rings is 1. The van der Waals surface area contributed by atoms with Gasteiger partial charge in [-0.3, -0.25) is 14.2 Å². The number of aromatic nitrogens is 1. The van der Waals surface area contributed by atoms with Gasteiger partial charge in [0.15, 0.2) is 12.2 Å². The van der Waals surface area contributed by atoms with E-state index in [0.717, 1.165) is 15.9 Å². The average molecular weight is 470 g/mol. The highest BCUT2D eigenvalue weighted by Crippen LogP contribution is 2.36. The van der Waals surface area contributed by atoms with Gasteiger partial charge in [0.25, 0.3) is 5.91 Å². The minimum Gasteiger partial charge on any atom is -0.464 e. The van der Waals surface area contributed by atoms with Crippen LogP contribution in [0.4, 0.5) is 5.00 Å². The Hall–Kier alpha value is -4.12. The number of oxazole rings is 1. The third kappa shape index (κ3) is 4.72. The van der Waals surface area contributed by atoms with Gasteiger partial charge < -0.3 is 23.6 Å². The van der Waals surface area contributed by atoms with E-state index < -0.39 is 36.8 Å². The number of hydrogen-bond acceptors (Lipinski definition) is 9. The molecule has 0 spiro atoms. The lowest BCUT2D eigenvalue weighted by Crippen LogP contribution is -2.26. The SMILES string of the molecule is CCOC(=O)c1c(-c2ccco2)csc1NC(=O)COC(=O)Cn1c(=O)oc2ccccc21. The highest BCUT2D eigenvalue weighted by atomic mass is 32.1. The number of rotatable bonds is 8. The molecule has 0 fully saturated rings. The molecule has 4 rings (SSSR count). The van der Waals surface area contributed by atoms with Gasteiger partial charge in [-0.2, -0.15) is 0 Å². The summed E-state index contributed by atoms with van der Waals surface area (Å²) >= 11 is 1.11. The number of nitrogens with one attached hydrogen (secondary N) is 1. The lowest BCUT2D eigenvalue weighted by atomic mass is 10.1. The maximum Gasteiger partial charge on any atom is 0.420 e. The number of nitrogens with zero attached hydrogens (tertiary/aromatic N) is 1. The molecule has 0 unspecified atom stereocenters. The third-order valence-electron chi connectivity index (χ3n) is 4.54. The minimum absolute atomic E-state index is 0.146. The predicted molar refractivity (Wildman–Crippen MR) is 118 cm³/mol. The molecule has 0 atom stereocenters. The molecule has 0 aliphatic rings. The molecular formula is C22H18N2O8S. The normalized spacial score (nSPS) is 10.8. The fourth-order valence-electron chi connectivity index (χ4n) is 3.12. The van der Waals surface area contributed by atoms with Crippen molar-refractivity contribution in [1.82, 2.24) is 4.57 Å². The van der Waals surface area contributed by atoms with Crippen LogP contribution >= 0.6 is 11.3 Å². The molecule has 11 heteroatoms. The smallest absolute Gasteiger partial charge is 0.420 e. The number of anilines is 1. The lowest BCUT2D eigenvalue weighted by molar-refractivity contribution is -0.147. The number of carbonyl (C=O) groups excluding carboxylic acids is 3. The van der Waals surface area contributed by atoms with Crippen molar-refractivity contribution in [2.45, 2.75) is 13.5 Å². The van der Waals surface area contributed by atoms with Crippen molar-refractivity contribution in [3.05, 3.63) is 64.2 Å². The third-order valence-corrected chi connectivity index (χ3v) is 5.43. The van der Waals surface area contributed by atoms with Gasteiger partial charge in [0, 0.05) is 10.9 Å². The van der Waals surface area contributed by atoms with Gasteiger partial charge in [0.1, 0.15) is 22.9 Å². The molecule has 3 heterocycles. The zero-order valence-electron chi connectivity index (χ0n) is 17.4.